The van der Waals surface area contributed by atoms with E-state index in [0.717, 1.165) is 11.4 Å². The van der Waals surface area contributed by atoms with E-state index in [4.69, 9.17) is 12.2 Å². The van der Waals surface area contributed by atoms with Gasteiger partial charge in [0.1, 0.15) is 0 Å². The van der Waals surface area contributed by atoms with Gasteiger partial charge in [-0.05, 0) is 19.3 Å². The van der Waals surface area contributed by atoms with Crippen LogP contribution in [0.5, 0.6) is 0 Å². The van der Waals surface area contributed by atoms with Crippen LogP contribution in [0.15, 0.2) is 0 Å². The SMILES string of the molecule is CN1CCCCCC1=S. The molecule has 0 bridgehead atoms. The van der Waals surface area contributed by atoms with E-state index in [1.165, 1.54) is 25.8 Å². The topological polar surface area (TPSA) is 3.24 Å². The minimum Gasteiger partial charge on any atom is -0.369 e. The fraction of sp³-hybridized carbons (Fsp3) is 0.857. The number of rotatable bonds is 0. The molecule has 1 heterocycles. The van der Waals surface area contributed by atoms with Crippen LogP contribution in [0, 0.1) is 0 Å². The fourth-order valence-corrected chi connectivity index (χ4v) is 1.35. The molecule has 1 aliphatic rings. The molecule has 0 unspecified atom stereocenters. The van der Waals surface area contributed by atoms with E-state index in [1.807, 2.05) is 0 Å². The molecule has 0 aliphatic carbocycles. The number of hydrogen-bond acceptors (Lipinski definition) is 1. The predicted molar refractivity (Wildman–Crippen MR) is 43.7 cm³/mol. The smallest absolute Gasteiger partial charge is 0.0776 e. The zero-order valence-corrected chi connectivity index (χ0v) is 6.71. The third-order valence-electron chi connectivity index (χ3n) is 1.81. The maximum absolute atomic E-state index is 5.14. The lowest BCUT2D eigenvalue weighted by Gasteiger charge is -2.15. The Kier molecular flexibility index (Phi) is 2.46. The van der Waals surface area contributed by atoms with Crippen molar-refractivity contribution in [1.29, 1.82) is 0 Å². The third kappa shape index (κ3) is 1.94. The molecule has 0 aromatic rings. The van der Waals surface area contributed by atoms with Crippen molar-refractivity contribution >= 4 is 17.2 Å². The molecule has 52 valence electrons. The normalized spacial score (nSPS) is 21.9. The van der Waals surface area contributed by atoms with Gasteiger partial charge < -0.3 is 4.90 Å². The van der Waals surface area contributed by atoms with E-state index >= 15 is 0 Å². The van der Waals surface area contributed by atoms with Crippen molar-refractivity contribution in [2.45, 2.75) is 25.7 Å². The Balaban J connectivity index is 2.41. The molecule has 2 heteroatoms. The fourth-order valence-electron chi connectivity index (χ4n) is 1.12. The maximum Gasteiger partial charge on any atom is 0.0776 e. The molecule has 0 aromatic heterocycles. The summed E-state index contributed by atoms with van der Waals surface area (Å²) in [6.45, 7) is 1.17. The average Bonchev–Trinajstić information content (AvgIpc) is 1.99. The monoisotopic (exact) mass is 143 g/mol. The molecule has 0 atom stereocenters. The molecule has 1 rings (SSSR count). The van der Waals surface area contributed by atoms with Crippen LogP contribution in [0.4, 0.5) is 0 Å². The van der Waals surface area contributed by atoms with Gasteiger partial charge in [0.25, 0.3) is 0 Å². The molecular formula is C7H13NS. The second-order valence-electron chi connectivity index (χ2n) is 2.63. The van der Waals surface area contributed by atoms with Gasteiger partial charge in [-0.25, -0.2) is 0 Å². The summed E-state index contributed by atoms with van der Waals surface area (Å²) in [5.41, 5.74) is 0. The van der Waals surface area contributed by atoms with Gasteiger partial charge in [-0.3, -0.25) is 0 Å². The molecule has 9 heavy (non-hydrogen) atoms. The number of likely N-dealkylation sites (tertiary alicyclic amines) is 1. The molecule has 0 radical (unpaired) electrons. The van der Waals surface area contributed by atoms with Crippen molar-refractivity contribution in [3.63, 3.8) is 0 Å². The van der Waals surface area contributed by atoms with E-state index in [1.54, 1.807) is 0 Å². The van der Waals surface area contributed by atoms with Crippen molar-refractivity contribution in [1.82, 2.24) is 4.90 Å². The maximum atomic E-state index is 5.14. The lowest BCUT2D eigenvalue weighted by molar-refractivity contribution is 0.502. The summed E-state index contributed by atoms with van der Waals surface area (Å²) >= 11 is 5.14. The average molecular weight is 143 g/mol. The Hall–Kier alpha value is -0.110. The molecule has 1 aliphatic heterocycles. The van der Waals surface area contributed by atoms with Crippen LogP contribution in [0.3, 0.4) is 0 Å². The molecule has 0 aromatic carbocycles. The van der Waals surface area contributed by atoms with Crippen molar-refractivity contribution in [2.75, 3.05) is 13.6 Å². The summed E-state index contributed by atoms with van der Waals surface area (Å²) in [6.07, 6.45) is 5.09. The van der Waals surface area contributed by atoms with Gasteiger partial charge in [0.15, 0.2) is 0 Å². The van der Waals surface area contributed by atoms with Crippen LogP contribution in [-0.4, -0.2) is 23.5 Å². The summed E-state index contributed by atoms with van der Waals surface area (Å²) < 4.78 is 0. The summed E-state index contributed by atoms with van der Waals surface area (Å²) in [6, 6.07) is 0. The molecule has 0 spiro atoms. The quantitative estimate of drug-likeness (QED) is 0.476. The first-order valence-electron chi connectivity index (χ1n) is 3.54. The van der Waals surface area contributed by atoms with E-state index in [2.05, 4.69) is 11.9 Å². The van der Waals surface area contributed by atoms with Crippen molar-refractivity contribution in [2.24, 2.45) is 0 Å². The summed E-state index contributed by atoms with van der Waals surface area (Å²) in [5.74, 6) is 0. The molecule has 1 nitrogen and oxygen atoms in total. The largest absolute Gasteiger partial charge is 0.369 e. The Morgan fingerprint density at radius 1 is 1.33 bits per heavy atom. The van der Waals surface area contributed by atoms with Gasteiger partial charge in [-0.2, -0.15) is 0 Å². The second-order valence-corrected chi connectivity index (χ2v) is 3.10. The van der Waals surface area contributed by atoms with Gasteiger partial charge in [0, 0.05) is 13.6 Å². The van der Waals surface area contributed by atoms with Crippen molar-refractivity contribution in [3.8, 4) is 0 Å². The highest BCUT2D eigenvalue weighted by Crippen LogP contribution is 2.09. The minimum atomic E-state index is 1.13. The molecule has 0 amide bonds. The Labute approximate surface area is 62.0 Å². The number of hydrogen-bond donors (Lipinski definition) is 0. The molecular weight excluding hydrogens is 130 g/mol. The highest BCUT2D eigenvalue weighted by atomic mass is 32.1. The summed E-state index contributed by atoms with van der Waals surface area (Å²) in [7, 11) is 2.09. The van der Waals surface area contributed by atoms with E-state index in [0.29, 0.717) is 0 Å². The van der Waals surface area contributed by atoms with Crippen LogP contribution in [-0.2, 0) is 0 Å². The zero-order chi connectivity index (χ0) is 6.69. The van der Waals surface area contributed by atoms with Gasteiger partial charge in [-0.15, -0.1) is 0 Å². The van der Waals surface area contributed by atoms with Gasteiger partial charge in [0.2, 0.25) is 0 Å². The predicted octanol–water partition coefficient (Wildman–Crippen LogP) is 1.82. The zero-order valence-electron chi connectivity index (χ0n) is 5.89. The highest BCUT2D eigenvalue weighted by Gasteiger charge is 2.07. The van der Waals surface area contributed by atoms with E-state index in [9.17, 15) is 0 Å². The first-order valence-corrected chi connectivity index (χ1v) is 3.95. The van der Waals surface area contributed by atoms with Gasteiger partial charge in [0.05, 0.1) is 4.99 Å². The Morgan fingerprint density at radius 2 is 2.11 bits per heavy atom. The standard InChI is InChI=1S/C7H13NS/c1-8-6-4-2-3-5-7(8)9/h2-6H2,1H3. The van der Waals surface area contributed by atoms with Gasteiger partial charge in [-0.1, -0.05) is 18.6 Å². The van der Waals surface area contributed by atoms with E-state index in [-0.39, 0.29) is 0 Å². The Morgan fingerprint density at radius 3 is 2.89 bits per heavy atom. The number of nitrogens with zero attached hydrogens (tertiary/aromatic N) is 1. The van der Waals surface area contributed by atoms with Crippen LogP contribution >= 0.6 is 12.2 Å². The van der Waals surface area contributed by atoms with Crippen LogP contribution in [0.2, 0.25) is 0 Å². The second kappa shape index (κ2) is 3.16. The molecule has 0 N–H and O–H groups in total. The molecule has 1 fully saturated rings. The van der Waals surface area contributed by atoms with Crippen LogP contribution < -0.4 is 0 Å². The van der Waals surface area contributed by atoms with Crippen molar-refractivity contribution < 1.29 is 0 Å². The highest BCUT2D eigenvalue weighted by molar-refractivity contribution is 7.80. The summed E-state index contributed by atoms with van der Waals surface area (Å²) in [4.78, 5) is 3.34. The Bertz CT molecular complexity index is 111. The summed E-state index contributed by atoms with van der Waals surface area (Å²) in [5, 5.41) is 0. The third-order valence-corrected chi connectivity index (χ3v) is 2.33. The van der Waals surface area contributed by atoms with Crippen molar-refractivity contribution in [3.05, 3.63) is 0 Å². The van der Waals surface area contributed by atoms with E-state index < -0.39 is 0 Å². The lowest BCUT2D eigenvalue weighted by Crippen LogP contribution is -2.23. The first-order chi connectivity index (χ1) is 4.30. The molecule has 0 saturated carbocycles. The van der Waals surface area contributed by atoms with Crippen LogP contribution in [0.25, 0.3) is 0 Å². The minimum absolute atomic E-state index is 1.13. The van der Waals surface area contributed by atoms with Crippen LogP contribution in [0.1, 0.15) is 25.7 Å². The van der Waals surface area contributed by atoms with Gasteiger partial charge >= 0.3 is 0 Å². The first kappa shape index (κ1) is 7.00. The molecule has 1 saturated heterocycles. The lowest BCUT2D eigenvalue weighted by atomic mass is 10.2. The number of thiocarbonyl (C=S) groups is 1.